The average Bonchev–Trinajstić information content (AvgIpc) is 2.75. The van der Waals surface area contributed by atoms with E-state index in [1.807, 2.05) is 29.6 Å². The number of nitrogens with zero attached hydrogens (tertiary/aromatic N) is 2. The van der Waals surface area contributed by atoms with Crippen LogP contribution >= 0.6 is 27.3 Å². The summed E-state index contributed by atoms with van der Waals surface area (Å²) < 4.78 is 1.05. The summed E-state index contributed by atoms with van der Waals surface area (Å²) in [5.41, 5.74) is 2.10. The van der Waals surface area contributed by atoms with Crippen LogP contribution in [-0.2, 0) is 6.42 Å². The van der Waals surface area contributed by atoms with E-state index in [1.165, 1.54) is 0 Å². The average molecular weight is 293 g/mol. The molecule has 0 saturated heterocycles. The summed E-state index contributed by atoms with van der Waals surface area (Å²) in [5, 5.41) is 11.5. The second-order valence-corrected chi connectivity index (χ2v) is 4.99. The van der Waals surface area contributed by atoms with Crippen LogP contribution in [0.15, 0.2) is 34.1 Å². The molecular weight excluding hydrogens is 284 g/mol. The largest absolute Gasteiger partial charge is 0.241 e. The minimum absolute atomic E-state index is 0.527. The van der Waals surface area contributed by atoms with Crippen molar-refractivity contribution >= 4 is 27.3 Å². The van der Waals surface area contributed by atoms with Gasteiger partial charge < -0.3 is 0 Å². The highest BCUT2D eigenvalue weighted by molar-refractivity contribution is 9.10. The number of nitriles is 1. The van der Waals surface area contributed by atoms with Gasteiger partial charge in [-0.3, -0.25) is 0 Å². The Bertz CT molecular complexity index is 528. The highest BCUT2D eigenvalue weighted by Gasteiger charge is 2.07. The summed E-state index contributed by atoms with van der Waals surface area (Å²) in [7, 11) is 0. The minimum atomic E-state index is 0.527. The number of aryl methyl sites for hydroxylation is 1. The number of hydrogen-bond donors (Lipinski definition) is 0. The van der Waals surface area contributed by atoms with Gasteiger partial charge in [-0.1, -0.05) is 34.1 Å². The number of aromatic nitrogens is 1. The molecule has 0 atom stereocenters. The summed E-state index contributed by atoms with van der Waals surface area (Å²) in [6.07, 6.45) is 1.26. The second-order valence-electron chi connectivity index (χ2n) is 3.28. The van der Waals surface area contributed by atoms with Gasteiger partial charge in [-0.05, 0) is 6.07 Å². The molecule has 0 aliphatic carbocycles. The number of benzene rings is 1. The number of hydrogen-bond acceptors (Lipinski definition) is 3. The fourth-order valence-corrected chi connectivity index (χ4v) is 2.86. The van der Waals surface area contributed by atoms with E-state index in [-0.39, 0.29) is 0 Å². The number of rotatable bonds is 3. The molecule has 0 amide bonds. The molecule has 0 unspecified atom stereocenters. The highest BCUT2D eigenvalue weighted by atomic mass is 79.9. The van der Waals surface area contributed by atoms with Crippen LogP contribution in [0.3, 0.4) is 0 Å². The van der Waals surface area contributed by atoms with Crippen LogP contribution in [0, 0.1) is 11.3 Å². The van der Waals surface area contributed by atoms with Crippen LogP contribution in [0.5, 0.6) is 0 Å². The summed E-state index contributed by atoms with van der Waals surface area (Å²) in [6, 6.07) is 10.2. The zero-order valence-corrected chi connectivity index (χ0v) is 10.9. The maximum absolute atomic E-state index is 8.51. The zero-order valence-electron chi connectivity index (χ0n) is 8.48. The molecule has 16 heavy (non-hydrogen) atoms. The van der Waals surface area contributed by atoms with Crippen LogP contribution in [0.2, 0.25) is 0 Å². The Morgan fingerprint density at radius 2 is 2.19 bits per heavy atom. The Morgan fingerprint density at radius 3 is 2.94 bits per heavy atom. The van der Waals surface area contributed by atoms with Gasteiger partial charge in [0.15, 0.2) is 0 Å². The molecule has 2 aromatic rings. The van der Waals surface area contributed by atoms with Crippen molar-refractivity contribution in [2.24, 2.45) is 0 Å². The third kappa shape index (κ3) is 2.49. The predicted octanol–water partition coefficient (Wildman–Crippen LogP) is 4.03. The molecule has 0 N–H and O–H groups in total. The normalized spacial score (nSPS) is 10.0. The van der Waals surface area contributed by atoms with Crippen molar-refractivity contribution in [1.82, 2.24) is 4.98 Å². The van der Waals surface area contributed by atoms with E-state index < -0.39 is 0 Å². The molecule has 80 valence electrons. The molecule has 1 heterocycles. The molecule has 2 nitrogen and oxygen atoms in total. The molecule has 1 aromatic carbocycles. The van der Waals surface area contributed by atoms with Gasteiger partial charge in [0.1, 0.15) is 5.01 Å². The summed E-state index contributed by atoms with van der Waals surface area (Å²) >= 11 is 5.13. The predicted molar refractivity (Wildman–Crippen MR) is 69.2 cm³/mol. The van der Waals surface area contributed by atoms with E-state index in [9.17, 15) is 0 Å². The van der Waals surface area contributed by atoms with Crippen molar-refractivity contribution in [2.75, 3.05) is 0 Å². The van der Waals surface area contributed by atoms with Crippen LogP contribution < -0.4 is 0 Å². The standard InChI is InChI=1S/C12H9BrN2S/c13-11-6-2-1-5-10(11)12-15-9(8-16-12)4-3-7-14/h1-2,5-6,8H,3-4H2. The lowest BCUT2D eigenvalue weighted by Gasteiger charge is -1.98. The van der Waals surface area contributed by atoms with Crippen LogP contribution in [-0.4, -0.2) is 4.98 Å². The zero-order chi connectivity index (χ0) is 11.4. The Hall–Kier alpha value is -1.18. The first-order valence-corrected chi connectivity index (χ1v) is 6.55. The van der Waals surface area contributed by atoms with Crippen LogP contribution in [0.1, 0.15) is 12.1 Å². The van der Waals surface area contributed by atoms with Crippen molar-refractivity contribution < 1.29 is 0 Å². The van der Waals surface area contributed by atoms with E-state index in [0.717, 1.165) is 27.2 Å². The molecule has 0 spiro atoms. The van der Waals surface area contributed by atoms with Gasteiger partial charge in [-0.2, -0.15) is 5.26 Å². The van der Waals surface area contributed by atoms with Crippen molar-refractivity contribution in [3.8, 4) is 16.6 Å². The molecule has 0 bridgehead atoms. The SMILES string of the molecule is N#CCCc1csc(-c2ccccc2Br)n1. The van der Waals surface area contributed by atoms with Crippen molar-refractivity contribution in [3.63, 3.8) is 0 Å². The molecule has 2 rings (SSSR count). The first-order valence-electron chi connectivity index (χ1n) is 4.87. The Balaban J connectivity index is 2.26. The maximum atomic E-state index is 8.51. The molecule has 0 fully saturated rings. The Kier molecular flexibility index (Phi) is 3.70. The van der Waals surface area contributed by atoms with E-state index in [1.54, 1.807) is 11.3 Å². The highest BCUT2D eigenvalue weighted by Crippen LogP contribution is 2.30. The van der Waals surface area contributed by atoms with Gasteiger partial charge in [0.25, 0.3) is 0 Å². The Morgan fingerprint density at radius 1 is 1.38 bits per heavy atom. The van der Waals surface area contributed by atoms with Gasteiger partial charge in [-0.25, -0.2) is 4.98 Å². The van der Waals surface area contributed by atoms with Crippen LogP contribution in [0.25, 0.3) is 10.6 Å². The first kappa shape index (κ1) is 11.3. The minimum Gasteiger partial charge on any atom is -0.241 e. The summed E-state index contributed by atoms with van der Waals surface area (Å²) in [6.45, 7) is 0. The van der Waals surface area contributed by atoms with Crippen molar-refractivity contribution in [1.29, 1.82) is 5.26 Å². The fraction of sp³-hybridized carbons (Fsp3) is 0.167. The van der Waals surface area contributed by atoms with Gasteiger partial charge >= 0.3 is 0 Å². The lowest BCUT2D eigenvalue weighted by Crippen LogP contribution is -1.84. The first-order chi connectivity index (χ1) is 7.81. The monoisotopic (exact) mass is 292 g/mol. The molecule has 0 aliphatic rings. The summed E-state index contributed by atoms with van der Waals surface area (Å²) in [5.74, 6) is 0. The smallest absolute Gasteiger partial charge is 0.124 e. The van der Waals surface area contributed by atoms with Crippen molar-refractivity contribution in [3.05, 3.63) is 39.8 Å². The lowest BCUT2D eigenvalue weighted by atomic mass is 10.2. The third-order valence-corrected chi connectivity index (χ3v) is 3.76. The second kappa shape index (κ2) is 5.24. The number of halogens is 1. The molecule has 4 heteroatoms. The molecule has 1 aromatic heterocycles. The molecule has 0 radical (unpaired) electrons. The third-order valence-electron chi connectivity index (χ3n) is 2.15. The Labute approximate surface area is 107 Å². The van der Waals surface area contributed by atoms with Gasteiger partial charge in [0.2, 0.25) is 0 Å². The lowest BCUT2D eigenvalue weighted by molar-refractivity contribution is 0.969. The van der Waals surface area contributed by atoms with Gasteiger partial charge in [0.05, 0.1) is 11.8 Å². The molecule has 0 saturated carbocycles. The van der Waals surface area contributed by atoms with Gasteiger partial charge in [-0.15, -0.1) is 11.3 Å². The fourth-order valence-electron chi connectivity index (χ4n) is 1.36. The van der Waals surface area contributed by atoms with E-state index >= 15 is 0 Å². The van der Waals surface area contributed by atoms with E-state index in [2.05, 4.69) is 27.0 Å². The quantitative estimate of drug-likeness (QED) is 0.856. The number of thiazole rings is 1. The molecular formula is C12H9BrN2S. The maximum Gasteiger partial charge on any atom is 0.124 e. The van der Waals surface area contributed by atoms with Gasteiger partial charge in [0, 0.05) is 28.3 Å². The molecule has 0 aliphatic heterocycles. The van der Waals surface area contributed by atoms with E-state index in [4.69, 9.17) is 5.26 Å². The van der Waals surface area contributed by atoms with Crippen molar-refractivity contribution in [2.45, 2.75) is 12.8 Å². The van der Waals surface area contributed by atoms with E-state index in [0.29, 0.717) is 6.42 Å². The van der Waals surface area contributed by atoms with Crippen LogP contribution in [0.4, 0.5) is 0 Å². The summed E-state index contributed by atoms with van der Waals surface area (Å²) in [4.78, 5) is 4.52. The topological polar surface area (TPSA) is 36.7 Å².